The molecule has 0 spiro atoms. The molecule has 0 aliphatic carbocycles. The minimum Gasteiger partial charge on any atom is -0.496 e. The van der Waals surface area contributed by atoms with Crippen LogP contribution in [0.15, 0.2) is 35.0 Å². The number of hydrazine groups is 1. The van der Waals surface area contributed by atoms with E-state index in [0.29, 0.717) is 0 Å². The largest absolute Gasteiger partial charge is 0.496 e. The van der Waals surface area contributed by atoms with Gasteiger partial charge < -0.3 is 4.74 Å². The van der Waals surface area contributed by atoms with Crippen LogP contribution in [0.5, 0.6) is 5.75 Å². The maximum absolute atomic E-state index is 5.69. The van der Waals surface area contributed by atoms with Crippen LogP contribution >= 0.6 is 11.3 Å². The molecule has 1 aromatic carbocycles. The Morgan fingerprint density at radius 2 is 2.21 bits per heavy atom. The van der Waals surface area contributed by atoms with E-state index in [1.807, 2.05) is 6.92 Å². The van der Waals surface area contributed by atoms with Crippen LogP contribution in [0, 0.1) is 6.92 Å². The average molecular weight is 276 g/mol. The lowest BCUT2D eigenvalue weighted by Crippen LogP contribution is -2.28. The fraction of sp³-hybridized carbons (Fsp3) is 0.333. The lowest BCUT2D eigenvalue weighted by molar-refractivity contribution is 0.409. The van der Waals surface area contributed by atoms with Gasteiger partial charge in [0.25, 0.3) is 0 Å². The molecule has 2 aromatic rings. The van der Waals surface area contributed by atoms with Crippen LogP contribution in [0.3, 0.4) is 0 Å². The maximum atomic E-state index is 5.69. The van der Waals surface area contributed by atoms with Gasteiger partial charge in [-0.15, -0.1) is 0 Å². The first-order valence-electron chi connectivity index (χ1n) is 6.36. The summed E-state index contributed by atoms with van der Waals surface area (Å²) in [6, 6.07) is 8.55. The Hall–Kier alpha value is -1.36. The van der Waals surface area contributed by atoms with Gasteiger partial charge in [0, 0.05) is 6.04 Å². The lowest BCUT2D eigenvalue weighted by atomic mass is 9.99. The Kier molecular flexibility index (Phi) is 4.96. The molecule has 0 fully saturated rings. The topological polar surface area (TPSA) is 47.3 Å². The summed E-state index contributed by atoms with van der Waals surface area (Å²) in [5.74, 6) is 6.60. The molecule has 0 saturated heterocycles. The van der Waals surface area contributed by atoms with Crippen LogP contribution in [-0.2, 0) is 6.42 Å². The third-order valence-electron chi connectivity index (χ3n) is 3.34. The summed E-state index contributed by atoms with van der Waals surface area (Å²) < 4.78 is 5.36. The number of nitrogens with two attached hydrogens (primary N) is 1. The molecule has 4 heteroatoms. The van der Waals surface area contributed by atoms with E-state index in [9.17, 15) is 0 Å². The molecule has 3 nitrogen and oxygen atoms in total. The molecule has 1 heterocycles. The summed E-state index contributed by atoms with van der Waals surface area (Å²) in [6.07, 6.45) is 1.99. The molecule has 0 radical (unpaired) electrons. The first-order chi connectivity index (χ1) is 9.24. The van der Waals surface area contributed by atoms with Gasteiger partial charge in [0.2, 0.25) is 0 Å². The predicted octanol–water partition coefficient (Wildman–Crippen LogP) is 3.20. The van der Waals surface area contributed by atoms with Crippen molar-refractivity contribution in [3.8, 4) is 5.75 Å². The SMILES string of the molecule is COc1cc(C(CCc2ccsc2)NN)ccc1C. The quantitative estimate of drug-likeness (QED) is 0.629. The lowest BCUT2D eigenvalue weighted by Gasteiger charge is -2.17. The number of benzene rings is 1. The molecule has 3 N–H and O–H groups in total. The third-order valence-corrected chi connectivity index (χ3v) is 4.07. The Labute approximate surface area is 118 Å². The predicted molar refractivity (Wildman–Crippen MR) is 80.4 cm³/mol. The second-order valence-corrected chi connectivity index (χ2v) is 5.40. The van der Waals surface area contributed by atoms with Crippen molar-refractivity contribution in [1.82, 2.24) is 5.43 Å². The second kappa shape index (κ2) is 6.70. The fourth-order valence-corrected chi connectivity index (χ4v) is 2.85. The van der Waals surface area contributed by atoms with E-state index >= 15 is 0 Å². The van der Waals surface area contributed by atoms with E-state index in [1.54, 1.807) is 18.4 Å². The van der Waals surface area contributed by atoms with E-state index in [4.69, 9.17) is 10.6 Å². The first kappa shape index (κ1) is 14.1. The van der Waals surface area contributed by atoms with E-state index < -0.39 is 0 Å². The monoisotopic (exact) mass is 276 g/mol. The summed E-state index contributed by atoms with van der Waals surface area (Å²) in [4.78, 5) is 0. The van der Waals surface area contributed by atoms with E-state index in [0.717, 1.165) is 24.2 Å². The highest BCUT2D eigenvalue weighted by molar-refractivity contribution is 7.07. The van der Waals surface area contributed by atoms with Gasteiger partial charge in [0.05, 0.1) is 7.11 Å². The van der Waals surface area contributed by atoms with Gasteiger partial charge in [-0.2, -0.15) is 11.3 Å². The molecule has 19 heavy (non-hydrogen) atoms. The molecule has 1 unspecified atom stereocenters. The number of thiophene rings is 1. The van der Waals surface area contributed by atoms with E-state index in [1.165, 1.54) is 11.1 Å². The van der Waals surface area contributed by atoms with Crippen LogP contribution in [0.4, 0.5) is 0 Å². The van der Waals surface area contributed by atoms with Gasteiger partial charge in [0.1, 0.15) is 5.75 Å². The van der Waals surface area contributed by atoms with Crippen molar-refractivity contribution >= 4 is 11.3 Å². The summed E-state index contributed by atoms with van der Waals surface area (Å²) in [6.45, 7) is 2.04. The summed E-state index contributed by atoms with van der Waals surface area (Å²) in [7, 11) is 1.70. The number of ether oxygens (including phenoxy) is 1. The van der Waals surface area contributed by atoms with Gasteiger partial charge in [-0.3, -0.25) is 11.3 Å². The van der Waals surface area contributed by atoms with Crippen LogP contribution in [0.25, 0.3) is 0 Å². The van der Waals surface area contributed by atoms with E-state index in [-0.39, 0.29) is 6.04 Å². The van der Waals surface area contributed by atoms with Gasteiger partial charge in [-0.05, 0) is 59.3 Å². The van der Waals surface area contributed by atoms with E-state index in [2.05, 4.69) is 40.5 Å². The van der Waals surface area contributed by atoms with Crippen LogP contribution in [0.2, 0.25) is 0 Å². The molecule has 0 aliphatic rings. The van der Waals surface area contributed by atoms with Crippen LogP contribution < -0.4 is 16.0 Å². The zero-order valence-electron chi connectivity index (χ0n) is 11.3. The second-order valence-electron chi connectivity index (χ2n) is 4.62. The standard InChI is InChI=1S/C15H20N2OS/c1-11-3-5-13(9-15(11)18-2)14(17-16)6-4-12-7-8-19-10-12/h3,5,7-10,14,17H,4,6,16H2,1-2H3. The van der Waals surface area contributed by atoms with Gasteiger partial charge in [0.15, 0.2) is 0 Å². The van der Waals surface area contributed by atoms with Crippen LogP contribution in [-0.4, -0.2) is 7.11 Å². The van der Waals surface area contributed by atoms with Crippen molar-refractivity contribution in [2.45, 2.75) is 25.8 Å². The summed E-state index contributed by atoms with van der Waals surface area (Å²) in [5.41, 5.74) is 6.57. The summed E-state index contributed by atoms with van der Waals surface area (Å²) >= 11 is 1.73. The van der Waals surface area contributed by atoms with Crippen LogP contribution in [0.1, 0.15) is 29.2 Å². The average Bonchev–Trinajstić information content (AvgIpc) is 2.94. The number of hydrogen-bond acceptors (Lipinski definition) is 4. The Morgan fingerprint density at radius 1 is 1.37 bits per heavy atom. The fourth-order valence-electron chi connectivity index (χ4n) is 2.15. The maximum Gasteiger partial charge on any atom is 0.122 e. The van der Waals surface area contributed by atoms with Crippen molar-refractivity contribution in [1.29, 1.82) is 0 Å². The van der Waals surface area contributed by atoms with Gasteiger partial charge >= 0.3 is 0 Å². The number of nitrogens with one attached hydrogen (secondary N) is 1. The van der Waals surface area contributed by atoms with Crippen molar-refractivity contribution < 1.29 is 4.74 Å². The van der Waals surface area contributed by atoms with Crippen molar-refractivity contribution in [3.05, 3.63) is 51.7 Å². The molecular weight excluding hydrogens is 256 g/mol. The van der Waals surface area contributed by atoms with Crippen molar-refractivity contribution in [2.24, 2.45) is 5.84 Å². The minimum absolute atomic E-state index is 0.148. The molecule has 1 aromatic heterocycles. The number of aryl methyl sites for hydroxylation is 2. The van der Waals surface area contributed by atoms with Gasteiger partial charge in [-0.25, -0.2) is 0 Å². The normalized spacial score (nSPS) is 12.4. The smallest absolute Gasteiger partial charge is 0.122 e. The first-order valence-corrected chi connectivity index (χ1v) is 7.30. The Bertz CT molecular complexity index is 511. The molecule has 102 valence electrons. The Morgan fingerprint density at radius 3 is 2.84 bits per heavy atom. The molecule has 0 amide bonds. The molecule has 0 bridgehead atoms. The molecule has 0 aliphatic heterocycles. The highest BCUT2D eigenvalue weighted by atomic mass is 32.1. The van der Waals surface area contributed by atoms with Crippen molar-refractivity contribution in [2.75, 3.05) is 7.11 Å². The number of methoxy groups -OCH3 is 1. The molecular formula is C15H20N2OS. The summed E-state index contributed by atoms with van der Waals surface area (Å²) in [5, 5.41) is 4.29. The third kappa shape index (κ3) is 3.56. The zero-order valence-corrected chi connectivity index (χ0v) is 12.2. The minimum atomic E-state index is 0.148. The number of hydrogen-bond donors (Lipinski definition) is 2. The Balaban J connectivity index is 2.08. The van der Waals surface area contributed by atoms with Gasteiger partial charge in [-0.1, -0.05) is 12.1 Å². The molecule has 2 rings (SSSR count). The van der Waals surface area contributed by atoms with Crippen molar-refractivity contribution in [3.63, 3.8) is 0 Å². The molecule has 0 saturated carbocycles. The zero-order chi connectivity index (χ0) is 13.7. The molecule has 1 atom stereocenters. The number of rotatable bonds is 6. The highest BCUT2D eigenvalue weighted by Gasteiger charge is 2.11. The highest BCUT2D eigenvalue weighted by Crippen LogP contribution is 2.25.